The summed E-state index contributed by atoms with van der Waals surface area (Å²) in [6, 6.07) is 8.25. The number of nitrogens with zero attached hydrogens (tertiary/aromatic N) is 2. The molecule has 1 N–H and O–H groups in total. The Morgan fingerprint density at radius 1 is 1.05 bits per heavy atom. The van der Waals surface area contributed by atoms with Crippen LogP contribution in [-0.4, -0.2) is 55.6 Å². The van der Waals surface area contributed by atoms with E-state index >= 15 is 0 Å². The van der Waals surface area contributed by atoms with Crippen LogP contribution in [0.2, 0.25) is 5.02 Å². The van der Waals surface area contributed by atoms with Gasteiger partial charge in [-0.05, 0) is 49.5 Å². The fourth-order valence-electron chi connectivity index (χ4n) is 3.45. The van der Waals surface area contributed by atoms with Gasteiger partial charge in [-0.15, -0.1) is 12.4 Å². The number of hydrogen-bond acceptors (Lipinski definition) is 3. The summed E-state index contributed by atoms with van der Waals surface area (Å²) >= 11 is 6.06. The molecule has 0 aliphatic carbocycles. The number of rotatable bonds is 4. The van der Waals surface area contributed by atoms with Gasteiger partial charge in [0.2, 0.25) is 0 Å². The molecular weight excluding hydrogens is 317 g/mol. The lowest BCUT2D eigenvalue weighted by atomic mass is 9.97. The van der Waals surface area contributed by atoms with Crippen LogP contribution in [0.4, 0.5) is 0 Å². The summed E-state index contributed by atoms with van der Waals surface area (Å²) in [4.78, 5) is 5.20. The van der Waals surface area contributed by atoms with Crippen LogP contribution in [0.1, 0.15) is 18.4 Å². The highest BCUT2D eigenvalue weighted by molar-refractivity contribution is 6.30. The molecule has 0 spiro atoms. The zero-order valence-electron chi connectivity index (χ0n) is 13.1. The standard InChI is InChI=1S/C17H26ClN3.ClH/c18-17-3-1-2-16(12-17)14-21-10-8-20(9-11-21)13-15-4-6-19-7-5-15;/h1-3,12,15,19H,4-11,13-14H2;1H. The van der Waals surface area contributed by atoms with E-state index in [-0.39, 0.29) is 12.4 Å². The van der Waals surface area contributed by atoms with Gasteiger partial charge in [-0.3, -0.25) is 4.90 Å². The number of piperazine rings is 1. The van der Waals surface area contributed by atoms with Crippen LogP contribution in [0.5, 0.6) is 0 Å². The molecule has 3 rings (SSSR count). The van der Waals surface area contributed by atoms with Crippen molar-refractivity contribution in [2.24, 2.45) is 5.92 Å². The van der Waals surface area contributed by atoms with Crippen LogP contribution >= 0.6 is 24.0 Å². The first kappa shape index (κ1) is 18.0. The largest absolute Gasteiger partial charge is 0.317 e. The van der Waals surface area contributed by atoms with Gasteiger partial charge < -0.3 is 10.2 Å². The molecule has 3 nitrogen and oxygen atoms in total. The number of nitrogens with one attached hydrogen (secondary N) is 1. The minimum Gasteiger partial charge on any atom is -0.317 e. The first-order valence-electron chi connectivity index (χ1n) is 8.19. The van der Waals surface area contributed by atoms with Crippen molar-refractivity contribution < 1.29 is 0 Å². The number of halogens is 2. The maximum Gasteiger partial charge on any atom is 0.0409 e. The average Bonchev–Trinajstić information content (AvgIpc) is 2.50. The van der Waals surface area contributed by atoms with Gasteiger partial charge in [0.1, 0.15) is 0 Å². The zero-order valence-corrected chi connectivity index (χ0v) is 14.7. The molecule has 0 aromatic heterocycles. The average molecular weight is 344 g/mol. The molecule has 0 bridgehead atoms. The first-order valence-corrected chi connectivity index (χ1v) is 8.57. The van der Waals surface area contributed by atoms with Crippen LogP contribution in [0.25, 0.3) is 0 Å². The molecule has 22 heavy (non-hydrogen) atoms. The molecule has 0 unspecified atom stereocenters. The smallest absolute Gasteiger partial charge is 0.0409 e. The van der Waals surface area contributed by atoms with Crippen LogP contribution in [-0.2, 0) is 6.54 Å². The molecule has 0 saturated carbocycles. The maximum atomic E-state index is 6.06. The molecule has 0 atom stereocenters. The summed E-state index contributed by atoms with van der Waals surface area (Å²) in [7, 11) is 0. The van der Waals surface area contributed by atoms with E-state index in [1.807, 2.05) is 12.1 Å². The summed E-state index contributed by atoms with van der Waals surface area (Å²) in [6.45, 7) is 9.52. The SMILES string of the molecule is Cl.Clc1cccc(CN2CCN(CC3CCNCC3)CC2)c1. The van der Waals surface area contributed by atoms with E-state index in [4.69, 9.17) is 11.6 Å². The molecule has 0 radical (unpaired) electrons. The highest BCUT2D eigenvalue weighted by Crippen LogP contribution is 2.17. The highest BCUT2D eigenvalue weighted by atomic mass is 35.5. The second-order valence-corrected chi connectivity index (χ2v) is 6.84. The topological polar surface area (TPSA) is 18.5 Å². The number of piperidine rings is 1. The fourth-order valence-corrected chi connectivity index (χ4v) is 3.67. The van der Waals surface area contributed by atoms with Gasteiger partial charge in [0.15, 0.2) is 0 Å². The molecule has 2 saturated heterocycles. The molecule has 0 amide bonds. The van der Waals surface area contributed by atoms with Gasteiger partial charge in [-0.25, -0.2) is 0 Å². The molecule has 2 aliphatic rings. The summed E-state index contributed by atoms with van der Waals surface area (Å²) in [5.74, 6) is 0.908. The minimum absolute atomic E-state index is 0. The van der Waals surface area contributed by atoms with E-state index in [1.54, 1.807) is 0 Å². The third-order valence-electron chi connectivity index (χ3n) is 4.74. The van der Waals surface area contributed by atoms with Crippen LogP contribution in [0.3, 0.4) is 0 Å². The predicted molar refractivity (Wildman–Crippen MR) is 96.0 cm³/mol. The van der Waals surface area contributed by atoms with Crippen molar-refractivity contribution >= 4 is 24.0 Å². The summed E-state index contributed by atoms with van der Waals surface area (Å²) in [5.41, 5.74) is 1.33. The van der Waals surface area contributed by atoms with Gasteiger partial charge in [-0.2, -0.15) is 0 Å². The normalized spacial score (nSPS) is 21.5. The zero-order chi connectivity index (χ0) is 14.5. The van der Waals surface area contributed by atoms with E-state index in [1.165, 1.54) is 64.2 Å². The Morgan fingerprint density at radius 2 is 1.73 bits per heavy atom. The minimum atomic E-state index is 0. The Kier molecular flexibility index (Phi) is 7.45. The third-order valence-corrected chi connectivity index (χ3v) is 4.97. The maximum absolute atomic E-state index is 6.06. The van der Waals surface area contributed by atoms with Gasteiger partial charge in [0, 0.05) is 44.3 Å². The molecule has 1 aromatic rings. The van der Waals surface area contributed by atoms with Crippen LogP contribution in [0, 0.1) is 5.92 Å². The predicted octanol–water partition coefficient (Wildman–Crippen LogP) is 2.88. The van der Waals surface area contributed by atoms with Gasteiger partial charge >= 0.3 is 0 Å². The molecule has 1 aromatic carbocycles. The molecule has 2 heterocycles. The Bertz CT molecular complexity index is 441. The highest BCUT2D eigenvalue weighted by Gasteiger charge is 2.21. The summed E-state index contributed by atoms with van der Waals surface area (Å²) in [6.07, 6.45) is 2.70. The van der Waals surface area contributed by atoms with Crippen LogP contribution < -0.4 is 5.32 Å². The van der Waals surface area contributed by atoms with E-state index in [0.717, 1.165) is 17.5 Å². The fraction of sp³-hybridized carbons (Fsp3) is 0.647. The number of benzene rings is 1. The second kappa shape index (κ2) is 9.09. The summed E-state index contributed by atoms with van der Waals surface area (Å²) in [5, 5.41) is 4.30. The summed E-state index contributed by atoms with van der Waals surface area (Å²) < 4.78 is 0. The monoisotopic (exact) mass is 343 g/mol. The molecule has 2 aliphatic heterocycles. The van der Waals surface area contributed by atoms with Gasteiger partial charge in [0.25, 0.3) is 0 Å². The number of hydrogen-bond donors (Lipinski definition) is 1. The lowest BCUT2D eigenvalue weighted by molar-refractivity contribution is 0.107. The molecule has 124 valence electrons. The van der Waals surface area contributed by atoms with E-state index in [2.05, 4.69) is 27.2 Å². The van der Waals surface area contributed by atoms with Crippen molar-refractivity contribution in [2.45, 2.75) is 19.4 Å². The van der Waals surface area contributed by atoms with E-state index < -0.39 is 0 Å². The Balaban J connectivity index is 0.00000176. The van der Waals surface area contributed by atoms with Gasteiger partial charge in [-0.1, -0.05) is 23.7 Å². The lowest BCUT2D eigenvalue weighted by Gasteiger charge is -2.37. The van der Waals surface area contributed by atoms with E-state index in [0.29, 0.717) is 0 Å². The second-order valence-electron chi connectivity index (χ2n) is 6.40. The van der Waals surface area contributed by atoms with E-state index in [9.17, 15) is 0 Å². The van der Waals surface area contributed by atoms with Crippen LogP contribution in [0.15, 0.2) is 24.3 Å². The molecule has 2 fully saturated rings. The van der Waals surface area contributed by atoms with Crippen molar-refractivity contribution in [1.82, 2.24) is 15.1 Å². The Labute approximate surface area is 145 Å². The third kappa shape index (κ3) is 5.39. The Morgan fingerprint density at radius 3 is 2.41 bits per heavy atom. The van der Waals surface area contributed by atoms with Crippen molar-refractivity contribution in [3.8, 4) is 0 Å². The van der Waals surface area contributed by atoms with Gasteiger partial charge in [0.05, 0.1) is 0 Å². The van der Waals surface area contributed by atoms with Crippen molar-refractivity contribution in [1.29, 1.82) is 0 Å². The molecular formula is C17H27Cl2N3. The quantitative estimate of drug-likeness (QED) is 0.906. The van der Waals surface area contributed by atoms with Crippen molar-refractivity contribution in [3.05, 3.63) is 34.9 Å². The van der Waals surface area contributed by atoms with Crippen molar-refractivity contribution in [3.63, 3.8) is 0 Å². The first-order chi connectivity index (χ1) is 10.3. The Hall–Kier alpha value is -0.320. The molecule has 5 heteroatoms. The van der Waals surface area contributed by atoms with Crippen molar-refractivity contribution in [2.75, 3.05) is 45.8 Å². The lowest BCUT2D eigenvalue weighted by Crippen LogP contribution is -2.48.